The second-order valence-corrected chi connectivity index (χ2v) is 10.2. The highest BCUT2D eigenvalue weighted by molar-refractivity contribution is 6.51. The standard InChI is InChI=1S/C32H35NO6/c1-7-38-27-17-22(10-14-25(27)34)29-28(30(35)23-11-15-26(20(6)16-23)39-19(4)5)31(36)32(37)33(29)24-12-8-21(9-13-24)18(2)3/h8-19,29,34-35H,7H2,1-6H3/b30-28-. The lowest BCUT2D eigenvalue weighted by atomic mass is 9.94. The molecular formula is C32H35NO6. The SMILES string of the molecule is CCOc1cc(C2/C(=C(/O)c3ccc(OC(C)C)c(C)c3)C(=O)C(=O)N2c2ccc(C(C)C)cc2)ccc1O. The maximum absolute atomic E-state index is 13.5. The summed E-state index contributed by atoms with van der Waals surface area (Å²) in [6, 6.07) is 16.4. The molecule has 4 rings (SSSR count). The molecule has 3 aromatic carbocycles. The highest BCUT2D eigenvalue weighted by Crippen LogP contribution is 2.44. The van der Waals surface area contributed by atoms with Crippen molar-refractivity contribution in [2.24, 2.45) is 0 Å². The normalized spacial score (nSPS) is 16.8. The number of benzene rings is 3. The van der Waals surface area contributed by atoms with Crippen LogP contribution in [0.1, 0.15) is 68.8 Å². The molecule has 1 fully saturated rings. The van der Waals surface area contributed by atoms with Gasteiger partial charge in [-0.05, 0) is 92.8 Å². The third-order valence-electron chi connectivity index (χ3n) is 6.69. The first kappa shape index (κ1) is 27.8. The molecule has 0 bridgehead atoms. The number of carbonyl (C=O) groups is 2. The maximum atomic E-state index is 13.5. The van der Waals surface area contributed by atoms with Gasteiger partial charge in [0.05, 0.1) is 24.3 Å². The number of hydrogen-bond donors (Lipinski definition) is 2. The lowest BCUT2D eigenvalue weighted by Gasteiger charge is -2.26. The molecule has 0 spiro atoms. The summed E-state index contributed by atoms with van der Waals surface area (Å²) in [7, 11) is 0. The van der Waals surface area contributed by atoms with Crippen molar-refractivity contribution >= 4 is 23.1 Å². The van der Waals surface area contributed by atoms with E-state index < -0.39 is 17.7 Å². The summed E-state index contributed by atoms with van der Waals surface area (Å²) in [4.78, 5) is 28.4. The molecule has 0 aliphatic carbocycles. The van der Waals surface area contributed by atoms with Crippen LogP contribution >= 0.6 is 0 Å². The van der Waals surface area contributed by atoms with Crippen molar-refractivity contribution in [2.45, 2.75) is 59.6 Å². The number of aliphatic hydroxyl groups is 1. The van der Waals surface area contributed by atoms with E-state index in [0.717, 1.165) is 11.1 Å². The molecule has 204 valence electrons. The molecule has 1 atom stereocenters. The van der Waals surface area contributed by atoms with E-state index >= 15 is 0 Å². The van der Waals surface area contributed by atoms with Gasteiger partial charge in [-0.2, -0.15) is 0 Å². The van der Waals surface area contributed by atoms with Gasteiger partial charge >= 0.3 is 0 Å². The molecular weight excluding hydrogens is 494 g/mol. The first-order valence-corrected chi connectivity index (χ1v) is 13.2. The van der Waals surface area contributed by atoms with Gasteiger partial charge in [0.25, 0.3) is 11.7 Å². The molecule has 0 aromatic heterocycles. The van der Waals surface area contributed by atoms with Crippen molar-refractivity contribution in [3.63, 3.8) is 0 Å². The Hall–Kier alpha value is -4.26. The molecule has 1 amide bonds. The summed E-state index contributed by atoms with van der Waals surface area (Å²) in [5.74, 6) is -0.703. The van der Waals surface area contributed by atoms with Crippen LogP contribution in [0, 0.1) is 6.92 Å². The van der Waals surface area contributed by atoms with E-state index in [-0.39, 0.29) is 28.9 Å². The third-order valence-corrected chi connectivity index (χ3v) is 6.69. The monoisotopic (exact) mass is 529 g/mol. The zero-order valence-electron chi connectivity index (χ0n) is 23.2. The first-order chi connectivity index (χ1) is 18.5. The number of aliphatic hydroxyl groups excluding tert-OH is 1. The van der Waals surface area contributed by atoms with E-state index in [1.165, 1.54) is 11.0 Å². The summed E-state index contributed by atoms with van der Waals surface area (Å²) >= 11 is 0. The van der Waals surface area contributed by atoms with Crippen LogP contribution in [-0.4, -0.2) is 34.6 Å². The van der Waals surface area contributed by atoms with Crippen LogP contribution in [0.4, 0.5) is 5.69 Å². The lowest BCUT2D eigenvalue weighted by Crippen LogP contribution is -2.29. The highest BCUT2D eigenvalue weighted by Gasteiger charge is 2.47. The number of ether oxygens (including phenoxy) is 2. The molecule has 2 N–H and O–H groups in total. The number of rotatable bonds is 8. The average molecular weight is 530 g/mol. The summed E-state index contributed by atoms with van der Waals surface area (Å²) < 4.78 is 11.4. The van der Waals surface area contributed by atoms with Crippen molar-refractivity contribution in [3.05, 3.63) is 88.5 Å². The van der Waals surface area contributed by atoms with E-state index in [2.05, 4.69) is 13.8 Å². The van der Waals surface area contributed by atoms with Crippen molar-refractivity contribution in [1.29, 1.82) is 0 Å². The van der Waals surface area contributed by atoms with Crippen LogP contribution in [-0.2, 0) is 9.59 Å². The lowest BCUT2D eigenvalue weighted by molar-refractivity contribution is -0.132. The van der Waals surface area contributed by atoms with Gasteiger partial charge in [0, 0.05) is 11.3 Å². The molecule has 3 aromatic rings. The maximum Gasteiger partial charge on any atom is 0.300 e. The molecule has 0 saturated carbocycles. The first-order valence-electron chi connectivity index (χ1n) is 13.2. The summed E-state index contributed by atoms with van der Waals surface area (Å²) in [6.45, 7) is 12.0. The number of phenolic OH excluding ortho intramolecular Hbond substituents is 1. The number of hydrogen-bond acceptors (Lipinski definition) is 6. The van der Waals surface area contributed by atoms with Crippen LogP contribution in [0.3, 0.4) is 0 Å². The van der Waals surface area contributed by atoms with E-state index in [1.54, 1.807) is 49.4 Å². The summed E-state index contributed by atoms with van der Waals surface area (Å²) in [5, 5.41) is 21.8. The topological polar surface area (TPSA) is 96.3 Å². The van der Waals surface area contributed by atoms with Gasteiger partial charge in [-0.15, -0.1) is 0 Å². The minimum Gasteiger partial charge on any atom is -0.507 e. The Balaban J connectivity index is 1.91. The predicted molar refractivity (Wildman–Crippen MR) is 152 cm³/mol. The Morgan fingerprint density at radius 2 is 1.64 bits per heavy atom. The number of ketones is 1. The van der Waals surface area contributed by atoms with Gasteiger partial charge in [0.1, 0.15) is 11.5 Å². The predicted octanol–water partition coefficient (Wildman–Crippen LogP) is 6.64. The van der Waals surface area contributed by atoms with Crippen molar-refractivity contribution < 1.29 is 29.3 Å². The number of carbonyl (C=O) groups excluding carboxylic acids is 2. The zero-order chi connectivity index (χ0) is 28.4. The molecule has 1 aliphatic rings. The smallest absolute Gasteiger partial charge is 0.300 e. The minimum absolute atomic E-state index is 0.0235. The summed E-state index contributed by atoms with van der Waals surface area (Å²) in [5.41, 5.74) is 3.26. The van der Waals surface area contributed by atoms with E-state index in [9.17, 15) is 19.8 Å². The van der Waals surface area contributed by atoms with Gasteiger partial charge in [-0.1, -0.05) is 32.0 Å². The average Bonchev–Trinajstić information content (AvgIpc) is 3.16. The molecule has 7 nitrogen and oxygen atoms in total. The number of Topliss-reactive ketones (excluding diaryl/α,β-unsaturated/α-hetero) is 1. The van der Waals surface area contributed by atoms with Gasteiger partial charge in [0.2, 0.25) is 0 Å². The Morgan fingerprint density at radius 1 is 0.949 bits per heavy atom. The van der Waals surface area contributed by atoms with Crippen molar-refractivity contribution in [3.8, 4) is 17.2 Å². The number of anilines is 1. The molecule has 1 heterocycles. The zero-order valence-corrected chi connectivity index (χ0v) is 23.2. The van der Waals surface area contributed by atoms with Crippen LogP contribution in [0.25, 0.3) is 5.76 Å². The fourth-order valence-corrected chi connectivity index (χ4v) is 4.74. The van der Waals surface area contributed by atoms with Crippen molar-refractivity contribution in [1.82, 2.24) is 0 Å². The number of amides is 1. The third kappa shape index (κ3) is 5.48. The number of aromatic hydroxyl groups is 1. The highest BCUT2D eigenvalue weighted by atomic mass is 16.5. The van der Waals surface area contributed by atoms with Gasteiger partial charge < -0.3 is 19.7 Å². The van der Waals surface area contributed by atoms with E-state index in [0.29, 0.717) is 35.1 Å². The molecule has 1 unspecified atom stereocenters. The fourth-order valence-electron chi connectivity index (χ4n) is 4.74. The van der Waals surface area contributed by atoms with E-state index in [1.807, 2.05) is 32.9 Å². The minimum atomic E-state index is -0.943. The molecule has 1 aliphatic heterocycles. The van der Waals surface area contributed by atoms with Gasteiger partial charge in [0.15, 0.2) is 11.5 Å². The van der Waals surface area contributed by atoms with Crippen molar-refractivity contribution in [2.75, 3.05) is 11.5 Å². The Kier molecular flexibility index (Phi) is 8.00. The van der Waals surface area contributed by atoms with Crippen LogP contribution in [0.2, 0.25) is 0 Å². The largest absolute Gasteiger partial charge is 0.507 e. The fraction of sp³-hybridized carbons (Fsp3) is 0.312. The number of nitrogens with zero attached hydrogens (tertiary/aromatic N) is 1. The van der Waals surface area contributed by atoms with Crippen LogP contribution in [0.5, 0.6) is 17.2 Å². The number of phenols is 1. The molecule has 0 radical (unpaired) electrons. The summed E-state index contributed by atoms with van der Waals surface area (Å²) in [6.07, 6.45) is -0.0235. The molecule has 39 heavy (non-hydrogen) atoms. The van der Waals surface area contributed by atoms with Gasteiger partial charge in [-0.25, -0.2) is 0 Å². The van der Waals surface area contributed by atoms with E-state index in [4.69, 9.17) is 9.47 Å². The van der Waals surface area contributed by atoms with Gasteiger partial charge in [-0.3, -0.25) is 14.5 Å². The Labute approximate surface area is 229 Å². The molecule has 7 heteroatoms. The van der Waals surface area contributed by atoms with Crippen LogP contribution < -0.4 is 14.4 Å². The molecule has 1 saturated heterocycles. The second kappa shape index (κ2) is 11.2. The Bertz CT molecular complexity index is 1420. The van der Waals surface area contributed by atoms with Crippen LogP contribution in [0.15, 0.2) is 66.2 Å². The Morgan fingerprint density at radius 3 is 2.23 bits per heavy atom. The second-order valence-electron chi connectivity index (χ2n) is 10.2. The number of aryl methyl sites for hydroxylation is 1. The quantitative estimate of drug-likeness (QED) is 0.193.